The Morgan fingerprint density at radius 2 is 0.923 bits per heavy atom. The molecule has 0 saturated heterocycles. The van der Waals surface area contributed by atoms with Crippen molar-refractivity contribution < 1.29 is 0 Å². The summed E-state index contributed by atoms with van der Waals surface area (Å²) in [6, 6.07) is 43.7. The molecule has 0 spiro atoms. The molecule has 0 atom stereocenters. The van der Waals surface area contributed by atoms with Gasteiger partial charge in [0.1, 0.15) is 0 Å². The molecule has 0 radical (unpaired) electrons. The molecule has 194 valence electrons. The largest absolute Gasteiger partial charge is 0.259 e. The van der Waals surface area contributed by atoms with E-state index in [2.05, 4.69) is 144 Å². The summed E-state index contributed by atoms with van der Waals surface area (Å²) in [5, 5.41) is 0.871. The maximum absolute atomic E-state index is 7.34. The van der Waals surface area contributed by atoms with E-state index in [9.17, 15) is 0 Å². The summed E-state index contributed by atoms with van der Waals surface area (Å²) in [4.78, 5) is 5.25. The van der Waals surface area contributed by atoms with Crippen molar-refractivity contribution in [2.45, 2.75) is 42.9 Å². The molecule has 4 aromatic carbocycles. The first kappa shape index (κ1) is 26.3. The van der Waals surface area contributed by atoms with Gasteiger partial charge in [0.15, 0.2) is 0 Å². The van der Waals surface area contributed by atoms with Gasteiger partial charge in [-0.25, -0.2) is 0 Å². The summed E-state index contributed by atoms with van der Waals surface area (Å²) in [5.41, 5.74) is 7.40. The summed E-state index contributed by atoms with van der Waals surface area (Å²) in [6.45, 7) is 0. The highest BCUT2D eigenvalue weighted by molar-refractivity contribution is 14.1. The van der Waals surface area contributed by atoms with Gasteiger partial charge >= 0.3 is 0 Å². The van der Waals surface area contributed by atoms with Crippen LogP contribution in [-0.2, 0) is 36.5 Å². The van der Waals surface area contributed by atoms with Crippen molar-refractivity contribution in [3.8, 4) is 0 Å². The molecule has 1 aliphatic carbocycles. The SMILES string of the molecule is Clc1c(I)cnc2c1C(Cc1ccccc1)(Cc1ccccc1)CC2(Cc1ccccc1)Cc1ccccc1. The number of hydrogen-bond acceptors (Lipinski definition) is 1. The average molecular weight is 640 g/mol. The maximum atomic E-state index is 7.34. The molecule has 0 N–H and O–H groups in total. The molecular formula is C36H31ClIN. The number of nitrogens with zero attached hydrogens (tertiary/aromatic N) is 1. The minimum absolute atomic E-state index is 0.185. The Balaban J connectivity index is 1.58. The minimum Gasteiger partial charge on any atom is -0.259 e. The summed E-state index contributed by atoms with van der Waals surface area (Å²) in [7, 11) is 0. The molecule has 0 bridgehead atoms. The van der Waals surface area contributed by atoms with E-state index in [1.54, 1.807) is 0 Å². The highest BCUT2D eigenvalue weighted by Gasteiger charge is 2.54. The summed E-state index contributed by atoms with van der Waals surface area (Å²) < 4.78 is 1.02. The minimum atomic E-state index is -0.188. The first-order chi connectivity index (χ1) is 19.1. The van der Waals surface area contributed by atoms with E-state index in [4.69, 9.17) is 16.6 Å². The molecule has 0 unspecified atom stereocenters. The third-order valence-corrected chi connectivity index (χ3v) is 9.75. The van der Waals surface area contributed by atoms with Crippen molar-refractivity contribution >= 4 is 34.2 Å². The fraction of sp³-hybridized carbons (Fsp3) is 0.194. The van der Waals surface area contributed by atoms with Gasteiger partial charge in [0.05, 0.1) is 14.3 Å². The third-order valence-electron chi connectivity index (χ3n) is 8.22. The Bertz CT molecular complexity index is 1450. The van der Waals surface area contributed by atoms with Gasteiger partial charge in [-0.3, -0.25) is 4.98 Å². The first-order valence-corrected chi connectivity index (χ1v) is 15.0. The van der Waals surface area contributed by atoms with Crippen molar-refractivity contribution in [3.63, 3.8) is 0 Å². The fourth-order valence-corrected chi connectivity index (χ4v) is 7.59. The van der Waals surface area contributed by atoms with Crippen LogP contribution in [0.1, 0.15) is 39.9 Å². The Hall–Kier alpha value is -2.95. The molecule has 1 aromatic heterocycles. The zero-order chi connectivity index (χ0) is 26.7. The van der Waals surface area contributed by atoms with Gasteiger partial charge in [-0.15, -0.1) is 0 Å². The number of pyridine rings is 1. The third kappa shape index (κ3) is 5.42. The zero-order valence-corrected chi connectivity index (χ0v) is 24.8. The van der Waals surface area contributed by atoms with E-state index >= 15 is 0 Å². The van der Waals surface area contributed by atoms with Gasteiger partial charge in [-0.2, -0.15) is 0 Å². The maximum Gasteiger partial charge on any atom is 0.0611 e. The lowest BCUT2D eigenvalue weighted by Gasteiger charge is -2.36. The van der Waals surface area contributed by atoms with Gasteiger partial charge in [0, 0.05) is 22.6 Å². The second-order valence-electron chi connectivity index (χ2n) is 11.0. The number of fused-ring (bicyclic) bond motifs is 1. The van der Waals surface area contributed by atoms with Gasteiger partial charge in [-0.05, 0) is 76.9 Å². The second kappa shape index (κ2) is 11.3. The van der Waals surface area contributed by atoms with Crippen molar-refractivity contribution in [1.29, 1.82) is 0 Å². The van der Waals surface area contributed by atoms with Gasteiger partial charge in [0.2, 0.25) is 0 Å². The lowest BCUT2D eigenvalue weighted by molar-refractivity contribution is 0.302. The molecule has 0 aliphatic heterocycles. The van der Waals surface area contributed by atoms with Crippen LogP contribution in [-0.4, -0.2) is 4.98 Å². The van der Waals surface area contributed by atoms with E-state index in [1.165, 1.54) is 33.5 Å². The van der Waals surface area contributed by atoms with Gasteiger partial charge in [0.25, 0.3) is 0 Å². The van der Waals surface area contributed by atoms with E-state index in [0.717, 1.165) is 40.7 Å². The number of rotatable bonds is 8. The molecule has 1 heterocycles. The fourth-order valence-electron chi connectivity index (χ4n) is 6.84. The van der Waals surface area contributed by atoms with Crippen LogP contribution in [0.25, 0.3) is 0 Å². The van der Waals surface area contributed by atoms with Crippen LogP contribution in [0, 0.1) is 3.57 Å². The average Bonchev–Trinajstić information content (AvgIpc) is 3.21. The normalized spacial score (nSPS) is 15.1. The van der Waals surface area contributed by atoms with Crippen LogP contribution < -0.4 is 0 Å². The summed E-state index contributed by atoms with van der Waals surface area (Å²) >= 11 is 9.70. The zero-order valence-electron chi connectivity index (χ0n) is 21.9. The molecule has 0 amide bonds. The quantitative estimate of drug-likeness (QED) is 0.154. The lowest BCUT2D eigenvalue weighted by atomic mass is 9.67. The van der Waals surface area contributed by atoms with Crippen molar-refractivity contribution in [3.05, 3.63) is 170 Å². The smallest absolute Gasteiger partial charge is 0.0611 e. The molecule has 1 nitrogen and oxygen atoms in total. The Kier molecular flexibility index (Phi) is 7.59. The highest BCUT2D eigenvalue weighted by atomic mass is 127. The first-order valence-electron chi connectivity index (χ1n) is 13.6. The van der Waals surface area contributed by atoms with Crippen LogP contribution in [0.4, 0.5) is 0 Å². The molecule has 1 aliphatic rings. The number of halogens is 2. The van der Waals surface area contributed by atoms with Crippen molar-refractivity contribution in [2.24, 2.45) is 0 Å². The topological polar surface area (TPSA) is 12.9 Å². The predicted molar refractivity (Wildman–Crippen MR) is 171 cm³/mol. The Morgan fingerprint density at radius 1 is 0.564 bits per heavy atom. The van der Waals surface area contributed by atoms with E-state index in [-0.39, 0.29) is 10.8 Å². The summed E-state index contributed by atoms with van der Waals surface area (Å²) in [6.07, 6.45) is 6.64. The molecule has 5 aromatic rings. The van der Waals surface area contributed by atoms with Crippen LogP contribution in [0.2, 0.25) is 5.02 Å². The van der Waals surface area contributed by atoms with Crippen LogP contribution >= 0.6 is 34.2 Å². The Morgan fingerprint density at radius 3 is 1.31 bits per heavy atom. The Labute approximate surface area is 250 Å². The van der Waals surface area contributed by atoms with Crippen molar-refractivity contribution in [1.82, 2.24) is 4.98 Å². The molecule has 0 saturated carbocycles. The lowest BCUT2D eigenvalue weighted by Crippen LogP contribution is -2.36. The second-order valence-corrected chi connectivity index (χ2v) is 12.6. The predicted octanol–water partition coefficient (Wildman–Crippen LogP) is 9.19. The molecule has 0 fully saturated rings. The molecule has 6 rings (SSSR count). The molecular weight excluding hydrogens is 609 g/mol. The highest BCUT2D eigenvalue weighted by Crippen LogP contribution is 2.57. The van der Waals surface area contributed by atoms with Crippen LogP contribution in [0.15, 0.2) is 128 Å². The van der Waals surface area contributed by atoms with Gasteiger partial charge < -0.3 is 0 Å². The number of benzene rings is 4. The van der Waals surface area contributed by atoms with Gasteiger partial charge in [-0.1, -0.05) is 133 Å². The van der Waals surface area contributed by atoms with Crippen LogP contribution in [0.3, 0.4) is 0 Å². The number of hydrogen-bond donors (Lipinski definition) is 0. The van der Waals surface area contributed by atoms with E-state index in [1.807, 2.05) is 6.20 Å². The standard InChI is InChI=1S/C36H31ClIN/c37-33-31(38)25-39-34-32(33)35(21-27-13-5-1-6-14-27,22-28-15-7-2-8-16-28)26-36(34,23-29-17-9-3-10-18-29)24-30-19-11-4-12-20-30/h1-20,25H,21-24,26H2. The van der Waals surface area contributed by atoms with E-state index < -0.39 is 0 Å². The van der Waals surface area contributed by atoms with Crippen molar-refractivity contribution in [2.75, 3.05) is 0 Å². The monoisotopic (exact) mass is 639 g/mol. The van der Waals surface area contributed by atoms with E-state index in [0.29, 0.717) is 0 Å². The molecule has 39 heavy (non-hydrogen) atoms. The summed E-state index contributed by atoms with van der Waals surface area (Å²) in [5.74, 6) is 0. The number of aromatic nitrogens is 1. The molecule has 3 heteroatoms. The van der Waals surface area contributed by atoms with Crippen LogP contribution in [0.5, 0.6) is 0 Å².